The number of rotatable bonds is 2. The summed E-state index contributed by atoms with van der Waals surface area (Å²) in [5.74, 6) is -1.01. The highest BCUT2D eigenvalue weighted by Gasteiger charge is 2.23. The topological polar surface area (TPSA) is 15.3 Å². The SMILES string of the molecule is CCC1CN(c2c(F)cc(Br)cc2F)CCN1. The molecule has 1 N–H and O–H groups in total. The molecule has 1 aliphatic heterocycles. The summed E-state index contributed by atoms with van der Waals surface area (Å²) < 4.78 is 28.0. The Hall–Kier alpha value is -0.680. The summed E-state index contributed by atoms with van der Waals surface area (Å²) in [4.78, 5) is 1.78. The minimum absolute atomic E-state index is 0.0909. The Bertz CT molecular complexity index is 388. The van der Waals surface area contributed by atoms with Crippen LogP contribution in [-0.2, 0) is 0 Å². The molecule has 0 bridgehead atoms. The molecule has 17 heavy (non-hydrogen) atoms. The molecule has 1 atom stereocenters. The normalized spacial score (nSPS) is 20.7. The van der Waals surface area contributed by atoms with Crippen LogP contribution in [0.5, 0.6) is 0 Å². The lowest BCUT2D eigenvalue weighted by Gasteiger charge is -2.35. The zero-order valence-electron chi connectivity index (χ0n) is 9.64. The van der Waals surface area contributed by atoms with Crippen LogP contribution in [0.3, 0.4) is 0 Å². The molecule has 0 amide bonds. The van der Waals surface area contributed by atoms with E-state index < -0.39 is 11.6 Å². The Labute approximate surface area is 108 Å². The monoisotopic (exact) mass is 304 g/mol. The van der Waals surface area contributed by atoms with E-state index in [2.05, 4.69) is 28.2 Å². The van der Waals surface area contributed by atoms with Gasteiger partial charge < -0.3 is 10.2 Å². The van der Waals surface area contributed by atoms with E-state index in [9.17, 15) is 8.78 Å². The molecule has 1 aromatic rings. The molecule has 5 heteroatoms. The van der Waals surface area contributed by atoms with Crippen LogP contribution in [0.25, 0.3) is 0 Å². The molecule has 1 heterocycles. The summed E-state index contributed by atoms with van der Waals surface area (Å²) in [6.45, 7) is 4.10. The Morgan fingerprint density at radius 2 is 2.06 bits per heavy atom. The van der Waals surface area contributed by atoms with E-state index in [0.29, 0.717) is 23.6 Å². The van der Waals surface area contributed by atoms with E-state index in [4.69, 9.17) is 0 Å². The van der Waals surface area contributed by atoms with Gasteiger partial charge in [-0.3, -0.25) is 0 Å². The minimum atomic E-state index is -0.506. The first-order valence-electron chi connectivity index (χ1n) is 5.74. The fourth-order valence-electron chi connectivity index (χ4n) is 2.14. The number of piperazine rings is 1. The van der Waals surface area contributed by atoms with E-state index in [-0.39, 0.29) is 5.69 Å². The van der Waals surface area contributed by atoms with Crippen LogP contribution in [0.2, 0.25) is 0 Å². The maximum Gasteiger partial charge on any atom is 0.150 e. The Morgan fingerprint density at radius 3 is 2.65 bits per heavy atom. The average Bonchev–Trinajstić information content (AvgIpc) is 2.28. The molecule has 2 nitrogen and oxygen atoms in total. The van der Waals surface area contributed by atoms with Gasteiger partial charge >= 0.3 is 0 Å². The molecule has 2 rings (SSSR count). The summed E-state index contributed by atoms with van der Waals surface area (Å²) >= 11 is 3.09. The lowest BCUT2D eigenvalue weighted by atomic mass is 10.1. The number of hydrogen-bond acceptors (Lipinski definition) is 2. The van der Waals surface area contributed by atoms with Crippen molar-refractivity contribution in [1.29, 1.82) is 0 Å². The third kappa shape index (κ3) is 2.77. The quantitative estimate of drug-likeness (QED) is 0.904. The van der Waals surface area contributed by atoms with Gasteiger partial charge in [0.1, 0.15) is 5.69 Å². The zero-order chi connectivity index (χ0) is 12.4. The number of nitrogens with zero attached hydrogens (tertiary/aromatic N) is 1. The van der Waals surface area contributed by atoms with Gasteiger partial charge in [-0.25, -0.2) is 8.78 Å². The number of benzene rings is 1. The van der Waals surface area contributed by atoms with Crippen LogP contribution in [0.4, 0.5) is 14.5 Å². The van der Waals surface area contributed by atoms with E-state index in [1.54, 1.807) is 4.90 Å². The second-order valence-corrected chi connectivity index (χ2v) is 5.14. The minimum Gasteiger partial charge on any atom is -0.364 e. The second-order valence-electron chi connectivity index (χ2n) is 4.22. The first-order chi connectivity index (χ1) is 8.11. The molecule has 94 valence electrons. The predicted octanol–water partition coefficient (Wildman–Crippen LogP) is 2.92. The van der Waals surface area contributed by atoms with E-state index in [0.717, 1.165) is 13.0 Å². The molecule has 0 saturated carbocycles. The summed E-state index contributed by atoms with van der Waals surface area (Å²) in [6.07, 6.45) is 0.955. The molecule has 0 aliphatic carbocycles. The lowest BCUT2D eigenvalue weighted by molar-refractivity contribution is 0.437. The maximum atomic E-state index is 13.8. The molecule has 0 aromatic heterocycles. The smallest absolute Gasteiger partial charge is 0.150 e. The van der Waals surface area contributed by atoms with Gasteiger partial charge in [-0.2, -0.15) is 0 Å². The first kappa shape index (κ1) is 12.8. The third-order valence-corrected chi connectivity index (χ3v) is 3.50. The lowest BCUT2D eigenvalue weighted by Crippen LogP contribution is -2.51. The number of halogens is 3. The maximum absolute atomic E-state index is 13.8. The highest BCUT2D eigenvalue weighted by Crippen LogP contribution is 2.28. The van der Waals surface area contributed by atoms with Crippen molar-refractivity contribution in [2.75, 3.05) is 24.5 Å². The predicted molar refractivity (Wildman–Crippen MR) is 68.4 cm³/mol. The van der Waals surface area contributed by atoms with Crippen LogP contribution in [-0.4, -0.2) is 25.7 Å². The van der Waals surface area contributed by atoms with Gasteiger partial charge in [0.15, 0.2) is 11.6 Å². The summed E-state index contributed by atoms with van der Waals surface area (Å²) in [7, 11) is 0. The second kappa shape index (κ2) is 5.31. The van der Waals surface area contributed by atoms with Gasteiger partial charge in [0.2, 0.25) is 0 Å². The van der Waals surface area contributed by atoms with Crippen molar-refractivity contribution < 1.29 is 8.78 Å². The van der Waals surface area contributed by atoms with Crippen molar-refractivity contribution in [3.8, 4) is 0 Å². The highest BCUT2D eigenvalue weighted by atomic mass is 79.9. The Kier molecular flexibility index (Phi) is 3.99. The van der Waals surface area contributed by atoms with Crippen LogP contribution in [0.15, 0.2) is 16.6 Å². The molecule has 1 aromatic carbocycles. The molecular formula is C12H15BrF2N2. The third-order valence-electron chi connectivity index (χ3n) is 3.05. The van der Waals surface area contributed by atoms with Crippen molar-refractivity contribution in [2.45, 2.75) is 19.4 Å². The van der Waals surface area contributed by atoms with Crippen LogP contribution in [0, 0.1) is 11.6 Å². The highest BCUT2D eigenvalue weighted by molar-refractivity contribution is 9.10. The van der Waals surface area contributed by atoms with Crippen LogP contribution >= 0.6 is 15.9 Å². The van der Waals surface area contributed by atoms with Gasteiger partial charge in [-0.1, -0.05) is 22.9 Å². The van der Waals surface area contributed by atoms with E-state index in [1.165, 1.54) is 12.1 Å². The Morgan fingerprint density at radius 1 is 1.41 bits per heavy atom. The molecule has 0 radical (unpaired) electrons. The van der Waals surface area contributed by atoms with Crippen molar-refractivity contribution in [2.24, 2.45) is 0 Å². The molecular weight excluding hydrogens is 290 g/mol. The van der Waals surface area contributed by atoms with Crippen LogP contribution in [0.1, 0.15) is 13.3 Å². The van der Waals surface area contributed by atoms with Crippen molar-refractivity contribution in [1.82, 2.24) is 5.32 Å². The Balaban J connectivity index is 2.27. The van der Waals surface area contributed by atoms with Gasteiger partial charge in [0, 0.05) is 30.1 Å². The fourth-order valence-corrected chi connectivity index (χ4v) is 2.54. The molecule has 1 saturated heterocycles. The zero-order valence-corrected chi connectivity index (χ0v) is 11.2. The molecule has 0 spiro atoms. The summed E-state index contributed by atoms with van der Waals surface area (Å²) in [5, 5.41) is 3.32. The van der Waals surface area contributed by atoms with E-state index >= 15 is 0 Å². The molecule has 1 fully saturated rings. The van der Waals surface area contributed by atoms with E-state index in [1.807, 2.05) is 0 Å². The summed E-state index contributed by atoms with van der Waals surface area (Å²) in [6, 6.07) is 2.91. The number of hydrogen-bond donors (Lipinski definition) is 1. The number of nitrogens with one attached hydrogen (secondary N) is 1. The van der Waals surface area contributed by atoms with Gasteiger partial charge in [0.25, 0.3) is 0 Å². The van der Waals surface area contributed by atoms with Crippen molar-refractivity contribution in [3.63, 3.8) is 0 Å². The van der Waals surface area contributed by atoms with Crippen molar-refractivity contribution in [3.05, 3.63) is 28.2 Å². The first-order valence-corrected chi connectivity index (χ1v) is 6.54. The van der Waals surface area contributed by atoms with Crippen molar-refractivity contribution >= 4 is 21.6 Å². The average molecular weight is 305 g/mol. The standard InChI is InChI=1S/C12H15BrF2N2/c1-2-9-7-17(4-3-16-9)12-10(14)5-8(13)6-11(12)15/h5-6,9,16H,2-4,7H2,1H3. The van der Waals surface area contributed by atoms with Crippen LogP contribution < -0.4 is 10.2 Å². The largest absolute Gasteiger partial charge is 0.364 e. The van der Waals surface area contributed by atoms with Gasteiger partial charge in [0.05, 0.1) is 0 Å². The molecule has 1 aliphatic rings. The summed E-state index contributed by atoms with van der Waals surface area (Å²) in [5.41, 5.74) is 0.0909. The molecule has 1 unspecified atom stereocenters. The fraction of sp³-hybridized carbons (Fsp3) is 0.500. The van der Waals surface area contributed by atoms with Gasteiger partial charge in [-0.05, 0) is 18.6 Å². The number of anilines is 1. The van der Waals surface area contributed by atoms with Gasteiger partial charge in [-0.15, -0.1) is 0 Å².